The maximum atomic E-state index is 14.0. The lowest BCUT2D eigenvalue weighted by Crippen LogP contribution is -2.52. The van der Waals surface area contributed by atoms with Crippen LogP contribution in [-0.4, -0.2) is 92.9 Å². The average Bonchev–Trinajstić information content (AvgIpc) is 3.82. The summed E-state index contributed by atoms with van der Waals surface area (Å²) in [7, 11) is 2.99. The monoisotopic (exact) mass is 803 g/mol. The van der Waals surface area contributed by atoms with Crippen LogP contribution in [0.2, 0.25) is 0 Å². The highest BCUT2D eigenvalue weighted by atomic mass is 16.6. The molecule has 0 spiro atoms. The van der Waals surface area contributed by atoms with E-state index in [1.54, 1.807) is 12.0 Å². The Labute approximate surface area is 343 Å². The molecule has 2 saturated heterocycles. The number of methoxy groups -OCH3 is 2. The summed E-state index contributed by atoms with van der Waals surface area (Å²) in [5.41, 5.74) is 6.10. The first-order valence-corrected chi connectivity index (χ1v) is 20.7. The summed E-state index contributed by atoms with van der Waals surface area (Å²) in [5.74, 6) is 3.02. The van der Waals surface area contributed by atoms with Gasteiger partial charge in [-0.25, -0.2) is 19.6 Å². The van der Waals surface area contributed by atoms with Crippen LogP contribution in [0.15, 0.2) is 48.7 Å². The van der Waals surface area contributed by atoms with E-state index in [1.807, 2.05) is 51.8 Å². The van der Waals surface area contributed by atoms with Gasteiger partial charge in [-0.15, -0.1) is 0 Å². The molecule has 14 heteroatoms. The quantitative estimate of drug-likeness (QED) is 0.142. The van der Waals surface area contributed by atoms with Crippen molar-refractivity contribution in [3.05, 3.63) is 65.9 Å². The maximum absolute atomic E-state index is 14.0. The third-order valence-electron chi connectivity index (χ3n) is 12.6. The van der Waals surface area contributed by atoms with Gasteiger partial charge in [0.25, 0.3) is 0 Å². The van der Waals surface area contributed by atoms with Gasteiger partial charge in [0.05, 0.1) is 48.7 Å². The summed E-state index contributed by atoms with van der Waals surface area (Å²) in [4.78, 5) is 60.2. The predicted octanol–water partition coefficient (Wildman–Crippen LogP) is 7.90. The van der Waals surface area contributed by atoms with Crippen LogP contribution in [0.5, 0.6) is 5.75 Å². The summed E-state index contributed by atoms with van der Waals surface area (Å²) in [5, 5.41) is 4.76. The van der Waals surface area contributed by atoms with Crippen LogP contribution in [-0.2, 0) is 25.6 Å². The van der Waals surface area contributed by atoms with Gasteiger partial charge in [0, 0.05) is 36.6 Å². The second kappa shape index (κ2) is 14.6. The van der Waals surface area contributed by atoms with E-state index in [0.717, 1.165) is 80.0 Å². The topological polar surface area (TPSA) is 164 Å². The number of alkyl carbamates (subject to hydrolysis) is 1. The molecule has 5 heterocycles. The maximum Gasteiger partial charge on any atom is 0.410 e. The lowest BCUT2D eigenvalue weighted by Gasteiger charge is -2.32. The molecule has 3 amide bonds. The number of carbonyl (C=O) groups excluding carboxylic acids is 3. The summed E-state index contributed by atoms with van der Waals surface area (Å²) in [6, 6.07) is 13.7. The molecule has 1 saturated carbocycles. The van der Waals surface area contributed by atoms with E-state index < -0.39 is 17.7 Å². The average molecular weight is 804 g/mol. The Kier molecular flexibility index (Phi) is 9.60. The van der Waals surface area contributed by atoms with Gasteiger partial charge < -0.3 is 39.1 Å². The lowest BCUT2D eigenvalue weighted by atomic mass is 9.92. The third kappa shape index (κ3) is 6.94. The zero-order chi connectivity index (χ0) is 41.5. The largest absolute Gasteiger partial charge is 0.488 e. The van der Waals surface area contributed by atoms with Crippen molar-refractivity contribution in [2.75, 3.05) is 27.4 Å². The highest BCUT2D eigenvalue weighted by Gasteiger charge is 2.61. The van der Waals surface area contributed by atoms with Crippen LogP contribution in [0.3, 0.4) is 0 Å². The van der Waals surface area contributed by atoms with Crippen molar-refractivity contribution in [2.45, 2.75) is 90.8 Å². The Bertz CT molecular complexity index is 2470. The van der Waals surface area contributed by atoms with Crippen LogP contribution in [0.25, 0.3) is 44.2 Å². The number of nitrogens with zero attached hydrogens (tertiary/aromatic N) is 4. The number of rotatable bonds is 8. The molecular formula is C45H53N7O7. The Balaban J connectivity index is 0.976. The van der Waals surface area contributed by atoms with Gasteiger partial charge in [0.2, 0.25) is 5.91 Å². The minimum atomic E-state index is -0.697. The first kappa shape index (κ1) is 38.9. The van der Waals surface area contributed by atoms with Gasteiger partial charge in [-0.1, -0.05) is 39.0 Å². The van der Waals surface area contributed by atoms with Crippen molar-refractivity contribution >= 4 is 39.9 Å². The van der Waals surface area contributed by atoms with Gasteiger partial charge in [-0.2, -0.15) is 0 Å². The fraction of sp³-hybridized carbons (Fsp3) is 0.489. The zero-order valence-corrected chi connectivity index (χ0v) is 34.9. The molecule has 5 aromatic rings. The number of aromatic amines is 2. The van der Waals surface area contributed by atoms with E-state index in [-0.39, 0.29) is 42.0 Å². The fourth-order valence-corrected chi connectivity index (χ4v) is 9.66. The molecule has 9 rings (SSSR count). The highest BCUT2D eigenvalue weighted by Crippen LogP contribution is 2.57. The molecule has 3 N–H and O–H groups in total. The summed E-state index contributed by atoms with van der Waals surface area (Å²) < 4.78 is 22.5. The number of fused-ring (bicyclic) bond motifs is 7. The van der Waals surface area contributed by atoms with Crippen molar-refractivity contribution in [2.24, 2.45) is 23.7 Å². The number of imidazole rings is 2. The molecule has 2 aromatic heterocycles. The number of aromatic nitrogens is 4. The molecular weight excluding hydrogens is 751 g/mol. The van der Waals surface area contributed by atoms with E-state index in [0.29, 0.717) is 31.6 Å². The predicted molar refractivity (Wildman–Crippen MR) is 221 cm³/mol. The van der Waals surface area contributed by atoms with Gasteiger partial charge in [0.1, 0.15) is 35.6 Å². The number of H-pyrrole nitrogens is 2. The molecule has 3 aromatic carbocycles. The molecule has 3 fully saturated rings. The minimum absolute atomic E-state index is 0.106. The highest BCUT2D eigenvalue weighted by molar-refractivity contribution is 6.07. The van der Waals surface area contributed by atoms with Crippen molar-refractivity contribution in [3.8, 4) is 28.1 Å². The number of ether oxygens (including phenoxy) is 4. The Morgan fingerprint density at radius 3 is 2.56 bits per heavy atom. The van der Waals surface area contributed by atoms with E-state index in [2.05, 4.69) is 58.6 Å². The van der Waals surface area contributed by atoms with Gasteiger partial charge in [-0.3, -0.25) is 9.69 Å². The normalized spacial score (nSPS) is 23.8. The molecule has 3 aliphatic heterocycles. The molecule has 1 aliphatic carbocycles. The molecule has 0 radical (unpaired) electrons. The first-order chi connectivity index (χ1) is 28.2. The second-order valence-corrected chi connectivity index (χ2v) is 18.1. The Morgan fingerprint density at radius 2 is 1.81 bits per heavy atom. The molecule has 14 nitrogen and oxygen atoms in total. The number of nitrogens with one attached hydrogen (secondary N) is 3. The van der Waals surface area contributed by atoms with E-state index in [4.69, 9.17) is 28.9 Å². The smallest absolute Gasteiger partial charge is 0.410 e. The number of likely N-dealkylation sites (tertiary alicyclic amines) is 2. The van der Waals surface area contributed by atoms with Gasteiger partial charge >= 0.3 is 12.2 Å². The molecule has 7 atom stereocenters. The number of hydrogen-bond donors (Lipinski definition) is 3. The fourth-order valence-electron chi connectivity index (χ4n) is 9.66. The molecule has 0 bridgehead atoms. The minimum Gasteiger partial charge on any atom is -0.488 e. The van der Waals surface area contributed by atoms with Crippen LogP contribution in [0.1, 0.15) is 83.7 Å². The molecule has 0 unspecified atom stereocenters. The standard InChI is InChI=1S/C45H53N7O7/c1-22(2)37(50-43(54)57-8)42(53)52-35(16-29-23(3)39(29)52)40-46-18-33(48-40)26-9-11-28-27(14-26)21-58-36-17-30-25(15-31(28)36)10-12-32-38(30)49-41(47-32)34-13-24(20-56-7)19-51(34)44(55)59-45(4,5)6/h9-12,14-15,17-18,22-24,29,34-35,37,39H,13,16,19-21H2,1-8H3,(H,46,48)(H,47,49)(H,50,54)/t23-,24+,29+,34+,35+,37+,39-/m1/s1. The number of piperidine rings is 1. The zero-order valence-electron chi connectivity index (χ0n) is 34.9. The van der Waals surface area contributed by atoms with Crippen molar-refractivity contribution < 1.29 is 33.3 Å². The van der Waals surface area contributed by atoms with Crippen LogP contribution < -0.4 is 10.1 Å². The summed E-state index contributed by atoms with van der Waals surface area (Å²) in [6.07, 6.45) is 2.41. The van der Waals surface area contributed by atoms with Crippen molar-refractivity contribution in [1.82, 2.24) is 35.1 Å². The van der Waals surface area contributed by atoms with Crippen molar-refractivity contribution in [3.63, 3.8) is 0 Å². The lowest BCUT2D eigenvalue weighted by molar-refractivity contribution is -0.137. The Morgan fingerprint density at radius 1 is 1.00 bits per heavy atom. The van der Waals surface area contributed by atoms with Crippen molar-refractivity contribution in [1.29, 1.82) is 0 Å². The van der Waals surface area contributed by atoms with Gasteiger partial charge in [-0.05, 0) is 97.7 Å². The first-order valence-electron chi connectivity index (χ1n) is 20.7. The number of hydrogen-bond acceptors (Lipinski definition) is 9. The van der Waals surface area contributed by atoms with Gasteiger partial charge in [0.15, 0.2) is 0 Å². The number of benzene rings is 3. The Hall–Kier alpha value is -5.63. The number of amides is 3. The second-order valence-electron chi connectivity index (χ2n) is 18.1. The van der Waals surface area contributed by atoms with Crippen LogP contribution in [0.4, 0.5) is 9.59 Å². The summed E-state index contributed by atoms with van der Waals surface area (Å²) in [6.45, 7) is 13.1. The van der Waals surface area contributed by atoms with Crippen LogP contribution in [0, 0.1) is 23.7 Å². The van der Waals surface area contributed by atoms with E-state index in [1.165, 1.54) is 7.11 Å². The summed E-state index contributed by atoms with van der Waals surface area (Å²) >= 11 is 0. The third-order valence-corrected chi connectivity index (χ3v) is 12.6. The van der Waals surface area contributed by atoms with E-state index >= 15 is 0 Å². The van der Waals surface area contributed by atoms with E-state index in [9.17, 15) is 14.4 Å². The van der Waals surface area contributed by atoms with Crippen LogP contribution >= 0.6 is 0 Å². The molecule has 310 valence electrons. The SMILES string of the molecule is COC[C@H]1C[C@@H](c2nc3c(ccc4cc5c(cc43)OCc3cc(-c4cnc([C@@H]6C[C@H]7[C@@H](C)[C@H]7N6C(=O)[C@@H](NC(=O)OC)C(C)C)[nH]4)ccc3-5)[nH]2)N(C(=O)OC(C)(C)C)C1. The molecule has 4 aliphatic rings. The molecule has 59 heavy (non-hydrogen) atoms. The number of carbonyl (C=O) groups is 3.